The number of carbonyl (C=O) groups excluding carboxylic acids is 2. The number of hydrogen-bond donors (Lipinski definition) is 0. The Morgan fingerprint density at radius 3 is 2.39 bits per heavy atom. The van der Waals surface area contributed by atoms with Gasteiger partial charge in [-0.25, -0.2) is 0 Å². The maximum atomic E-state index is 12.8. The van der Waals surface area contributed by atoms with E-state index in [1.807, 2.05) is 0 Å². The molecule has 0 aliphatic carbocycles. The first-order chi connectivity index (χ1) is 8.29. The number of benzene rings is 1. The SMILES string of the molecule is Cc1ccc(C(F)(F)F)c(N2CC(=O)CC2=O)c1. The van der Waals surface area contributed by atoms with Crippen molar-refractivity contribution < 1.29 is 22.8 Å². The zero-order valence-electron chi connectivity index (χ0n) is 9.54. The lowest BCUT2D eigenvalue weighted by Crippen LogP contribution is -2.27. The van der Waals surface area contributed by atoms with Gasteiger partial charge in [0.2, 0.25) is 5.91 Å². The van der Waals surface area contributed by atoms with E-state index in [2.05, 4.69) is 0 Å². The van der Waals surface area contributed by atoms with Crippen molar-refractivity contribution in [1.29, 1.82) is 0 Å². The standard InChI is InChI=1S/C12H10F3NO2/c1-7-2-3-9(12(13,14)15)10(4-7)16-6-8(17)5-11(16)18/h2-4H,5-6H2,1H3. The van der Waals surface area contributed by atoms with Crippen LogP contribution in [0.2, 0.25) is 0 Å². The lowest BCUT2D eigenvalue weighted by Gasteiger charge is -2.21. The van der Waals surface area contributed by atoms with Gasteiger partial charge in [-0.05, 0) is 24.6 Å². The predicted octanol–water partition coefficient (Wildman–Crippen LogP) is 2.32. The van der Waals surface area contributed by atoms with Crippen LogP contribution in [-0.2, 0) is 15.8 Å². The number of ketones is 1. The number of carbonyl (C=O) groups is 2. The summed E-state index contributed by atoms with van der Waals surface area (Å²) in [6.07, 6.45) is -4.87. The van der Waals surface area contributed by atoms with Crippen LogP contribution in [0.4, 0.5) is 18.9 Å². The highest BCUT2D eigenvalue weighted by Crippen LogP contribution is 2.38. The van der Waals surface area contributed by atoms with E-state index >= 15 is 0 Å². The van der Waals surface area contributed by atoms with Gasteiger partial charge < -0.3 is 4.90 Å². The van der Waals surface area contributed by atoms with E-state index in [9.17, 15) is 22.8 Å². The zero-order valence-corrected chi connectivity index (χ0v) is 9.54. The number of amides is 1. The van der Waals surface area contributed by atoms with Crippen molar-refractivity contribution in [2.75, 3.05) is 11.4 Å². The summed E-state index contributed by atoms with van der Waals surface area (Å²) in [7, 11) is 0. The topological polar surface area (TPSA) is 37.4 Å². The highest BCUT2D eigenvalue weighted by molar-refractivity contribution is 6.15. The molecule has 0 N–H and O–H groups in total. The summed E-state index contributed by atoms with van der Waals surface area (Å²) in [5.74, 6) is -0.953. The highest BCUT2D eigenvalue weighted by atomic mass is 19.4. The zero-order chi connectivity index (χ0) is 13.5. The summed E-state index contributed by atoms with van der Waals surface area (Å²) < 4.78 is 38.5. The highest BCUT2D eigenvalue weighted by Gasteiger charge is 2.38. The third kappa shape index (κ3) is 2.23. The van der Waals surface area contributed by atoms with Crippen LogP contribution in [0.25, 0.3) is 0 Å². The van der Waals surface area contributed by atoms with E-state index in [1.165, 1.54) is 12.1 Å². The average Bonchev–Trinajstić information content (AvgIpc) is 2.55. The second-order valence-electron chi connectivity index (χ2n) is 4.21. The van der Waals surface area contributed by atoms with Gasteiger partial charge in [0.1, 0.15) is 0 Å². The Morgan fingerprint density at radius 1 is 1.22 bits per heavy atom. The first-order valence-corrected chi connectivity index (χ1v) is 5.29. The van der Waals surface area contributed by atoms with Gasteiger partial charge in [-0.15, -0.1) is 0 Å². The molecule has 1 fully saturated rings. The minimum Gasteiger partial charge on any atom is -0.304 e. The second-order valence-corrected chi connectivity index (χ2v) is 4.21. The van der Waals surface area contributed by atoms with Crippen molar-refractivity contribution in [3.05, 3.63) is 29.3 Å². The lowest BCUT2D eigenvalue weighted by molar-refractivity contribution is -0.137. The molecule has 0 spiro atoms. The molecule has 0 bridgehead atoms. The van der Waals surface area contributed by atoms with Crippen molar-refractivity contribution in [2.24, 2.45) is 0 Å². The molecule has 1 saturated heterocycles. The van der Waals surface area contributed by atoms with Gasteiger partial charge in [0.05, 0.1) is 24.2 Å². The van der Waals surface area contributed by atoms with E-state index in [4.69, 9.17) is 0 Å². The summed E-state index contributed by atoms with van der Waals surface area (Å²) in [6, 6.07) is 3.54. The first-order valence-electron chi connectivity index (χ1n) is 5.29. The van der Waals surface area contributed by atoms with Gasteiger partial charge in [-0.3, -0.25) is 9.59 Å². The summed E-state index contributed by atoms with van der Waals surface area (Å²) in [6.45, 7) is 1.34. The quantitative estimate of drug-likeness (QED) is 0.724. The summed E-state index contributed by atoms with van der Waals surface area (Å²) in [4.78, 5) is 23.6. The molecule has 3 nitrogen and oxygen atoms in total. The molecular weight excluding hydrogens is 247 g/mol. The average molecular weight is 257 g/mol. The maximum absolute atomic E-state index is 12.8. The van der Waals surface area contributed by atoms with Crippen LogP contribution in [0.3, 0.4) is 0 Å². The van der Waals surface area contributed by atoms with E-state index in [-0.39, 0.29) is 24.4 Å². The molecule has 0 aromatic heterocycles. The lowest BCUT2D eigenvalue weighted by atomic mass is 10.1. The van der Waals surface area contributed by atoms with Crippen LogP contribution >= 0.6 is 0 Å². The van der Waals surface area contributed by atoms with Crippen LogP contribution in [0.5, 0.6) is 0 Å². The minimum atomic E-state index is -4.55. The third-order valence-electron chi connectivity index (χ3n) is 2.73. The monoisotopic (exact) mass is 257 g/mol. The van der Waals surface area contributed by atoms with Gasteiger partial charge in [-0.2, -0.15) is 13.2 Å². The predicted molar refractivity (Wildman–Crippen MR) is 58.2 cm³/mol. The Morgan fingerprint density at radius 2 is 1.89 bits per heavy atom. The van der Waals surface area contributed by atoms with Crippen LogP contribution in [0, 0.1) is 6.92 Å². The van der Waals surface area contributed by atoms with Crippen molar-refractivity contribution in [2.45, 2.75) is 19.5 Å². The second kappa shape index (κ2) is 4.12. The van der Waals surface area contributed by atoms with Crippen LogP contribution in [-0.4, -0.2) is 18.2 Å². The van der Waals surface area contributed by atoms with Crippen molar-refractivity contribution in [1.82, 2.24) is 0 Å². The number of rotatable bonds is 1. The molecule has 1 heterocycles. The number of hydrogen-bond acceptors (Lipinski definition) is 2. The van der Waals surface area contributed by atoms with Crippen LogP contribution in [0.15, 0.2) is 18.2 Å². The van der Waals surface area contributed by atoms with Gasteiger partial charge in [-0.1, -0.05) is 6.07 Å². The van der Waals surface area contributed by atoms with Crippen molar-refractivity contribution >= 4 is 17.4 Å². The van der Waals surface area contributed by atoms with Crippen molar-refractivity contribution in [3.63, 3.8) is 0 Å². The Balaban J connectivity index is 2.52. The van der Waals surface area contributed by atoms with Gasteiger partial charge in [0.15, 0.2) is 5.78 Å². The molecule has 0 atom stereocenters. The Kier molecular flexibility index (Phi) is 2.88. The third-order valence-corrected chi connectivity index (χ3v) is 2.73. The Hall–Kier alpha value is -1.85. The van der Waals surface area contributed by atoms with Crippen LogP contribution < -0.4 is 4.90 Å². The number of Topliss-reactive ketones (excluding diaryl/α,β-unsaturated/α-hetero) is 1. The van der Waals surface area contributed by atoms with Gasteiger partial charge >= 0.3 is 6.18 Å². The number of aryl methyl sites for hydroxylation is 1. The molecule has 6 heteroatoms. The molecule has 96 valence electrons. The molecule has 1 amide bonds. The maximum Gasteiger partial charge on any atom is 0.418 e. The fourth-order valence-electron chi connectivity index (χ4n) is 1.91. The van der Waals surface area contributed by atoms with Gasteiger partial charge in [0.25, 0.3) is 0 Å². The number of anilines is 1. The molecule has 2 rings (SSSR count). The van der Waals surface area contributed by atoms with E-state index < -0.39 is 17.6 Å². The molecule has 0 unspecified atom stereocenters. The first kappa shape index (κ1) is 12.6. The number of alkyl halides is 3. The number of nitrogens with zero attached hydrogens (tertiary/aromatic N) is 1. The summed E-state index contributed by atoms with van der Waals surface area (Å²) in [5, 5.41) is 0. The normalized spacial score (nSPS) is 16.6. The Bertz CT molecular complexity index is 523. The summed E-state index contributed by atoms with van der Waals surface area (Å²) >= 11 is 0. The molecular formula is C12H10F3NO2. The fraction of sp³-hybridized carbons (Fsp3) is 0.333. The fourth-order valence-corrected chi connectivity index (χ4v) is 1.91. The van der Waals surface area contributed by atoms with Gasteiger partial charge in [0, 0.05) is 0 Å². The number of halogens is 3. The molecule has 0 saturated carbocycles. The minimum absolute atomic E-state index is 0.238. The van der Waals surface area contributed by atoms with Crippen molar-refractivity contribution in [3.8, 4) is 0 Å². The molecule has 1 aromatic rings. The smallest absolute Gasteiger partial charge is 0.304 e. The molecule has 1 aromatic carbocycles. The van der Waals surface area contributed by atoms with E-state index in [1.54, 1.807) is 6.92 Å². The molecule has 1 aliphatic heterocycles. The molecule has 0 radical (unpaired) electrons. The molecule has 1 aliphatic rings. The van der Waals surface area contributed by atoms with Crippen LogP contribution in [0.1, 0.15) is 17.5 Å². The van der Waals surface area contributed by atoms with E-state index in [0.717, 1.165) is 11.0 Å². The summed E-state index contributed by atoms with van der Waals surface area (Å²) in [5.41, 5.74) is -0.528. The molecule has 18 heavy (non-hydrogen) atoms. The largest absolute Gasteiger partial charge is 0.418 e. The van der Waals surface area contributed by atoms with E-state index in [0.29, 0.717) is 5.56 Å². The Labute approximate surface area is 101 Å².